The molecule has 0 saturated carbocycles. The standard InChI is InChI=1S/C16H23F3N4O2.HI/c1-12(11-23-6-8-24-9-7-23)10-21-15(20)22-13-2-4-14(5-3-13)25-16(17,18)19;/h2-5,12H,6-11H2,1H3,(H3,20,21,22);1H. The van der Waals surface area contributed by atoms with Gasteiger partial charge in [-0.2, -0.15) is 0 Å². The van der Waals surface area contributed by atoms with Crippen molar-refractivity contribution < 1.29 is 22.6 Å². The summed E-state index contributed by atoms with van der Waals surface area (Å²) in [5.41, 5.74) is 6.36. The van der Waals surface area contributed by atoms with Gasteiger partial charge >= 0.3 is 6.36 Å². The van der Waals surface area contributed by atoms with Gasteiger partial charge in [-0.15, -0.1) is 37.1 Å². The van der Waals surface area contributed by atoms with Crippen molar-refractivity contribution in [2.75, 3.05) is 44.7 Å². The molecule has 1 fully saturated rings. The van der Waals surface area contributed by atoms with Gasteiger partial charge in [-0.05, 0) is 30.2 Å². The Hall–Kier alpha value is -1.27. The molecule has 1 unspecified atom stereocenters. The molecule has 0 aliphatic carbocycles. The molecule has 0 bridgehead atoms. The van der Waals surface area contributed by atoms with E-state index in [1.807, 2.05) is 0 Å². The van der Waals surface area contributed by atoms with Crippen molar-refractivity contribution in [1.29, 1.82) is 0 Å². The maximum absolute atomic E-state index is 12.1. The number of anilines is 1. The third kappa shape index (κ3) is 8.90. The van der Waals surface area contributed by atoms with Crippen LogP contribution in [0.1, 0.15) is 6.92 Å². The molecule has 1 aliphatic rings. The fraction of sp³-hybridized carbons (Fsp3) is 0.562. The third-order valence-electron chi connectivity index (χ3n) is 3.61. The van der Waals surface area contributed by atoms with E-state index in [9.17, 15) is 13.2 Å². The Morgan fingerprint density at radius 2 is 1.92 bits per heavy atom. The van der Waals surface area contributed by atoms with Gasteiger partial charge < -0.3 is 20.5 Å². The normalized spacial score (nSPS) is 17.3. The molecule has 1 saturated heterocycles. The predicted molar refractivity (Wildman–Crippen MR) is 105 cm³/mol. The minimum atomic E-state index is -4.70. The molecule has 10 heteroatoms. The van der Waals surface area contributed by atoms with Crippen LogP contribution in [0, 0.1) is 5.92 Å². The molecule has 3 N–H and O–H groups in total. The van der Waals surface area contributed by atoms with Gasteiger partial charge in [0.05, 0.1) is 13.2 Å². The number of ether oxygens (including phenoxy) is 2. The van der Waals surface area contributed by atoms with Crippen LogP contribution in [-0.4, -0.2) is 56.6 Å². The predicted octanol–water partition coefficient (Wildman–Crippen LogP) is 2.90. The highest BCUT2D eigenvalue weighted by atomic mass is 127. The van der Waals surface area contributed by atoms with Crippen LogP contribution in [0.3, 0.4) is 0 Å². The second-order valence-corrected chi connectivity index (χ2v) is 5.94. The molecule has 0 spiro atoms. The minimum absolute atomic E-state index is 0. The smallest absolute Gasteiger partial charge is 0.406 e. The van der Waals surface area contributed by atoms with Crippen molar-refractivity contribution in [2.45, 2.75) is 13.3 Å². The van der Waals surface area contributed by atoms with E-state index >= 15 is 0 Å². The number of rotatable bonds is 6. The van der Waals surface area contributed by atoms with E-state index in [-0.39, 0.29) is 35.7 Å². The lowest BCUT2D eigenvalue weighted by molar-refractivity contribution is -0.274. The maximum atomic E-state index is 12.1. The first-order valence-corrected chi connectivity index (χ1v) is 8.04. The Morgan fingerprint density at radius 3 is 2.50 bits per heavy atom. The van der Waals surface area contributed by atoms with Crippen LogP contribution >= 0.6 is 24.0 Å². The van der Waals surface area contributed by atoms with E-state index in [0.717, 1.165) is 32.8 Å². The number of benzene rings is 1. The Kier molecular flexibility index (Phi) is 9.44. The zero-order valence-electron chi connectivity index (χ0n) is 14.5. The van der Waals surface area contributed by atoms with E-state index in [1.165, 1.54) is 24.3 Å². The Labute approximate surface area is 167 Å². The van der Waals surface area contributed by atoms with Crippen molar-refractivity contribution >= 4 is 35.6 Å². The van der Waals surface area contributed by atoms with Crippen LogP contribution in [0.4, 0.5) is 18.9 Å². The highest BCUT2D eigenvalue weighted by Gasteiger charge is 2.30. The second kappa shape index (κ2) is 10.8. The number of halogens is 4. The van der Waals surface area contributed by atoms with Gasteiger partial charge in [-0.1, -0.05) is 6.92 Å². The maximum Gasteiger partial charge on any atom is 0.573 e. The first kappa shape index (κ1) is 22.8. The van der Waals surface area contributed by atoms with E-state index in [2.05, 4.69) is 26.9 Å². The van der Waals surface area contributed by atoms with Gasteiger partial charge in [-0.3, -0.25) is 9.89 Å². The van der Waals surface area contributed by atoms with E-state index in [4.69, 9.17) is 10.5 Å². The highest BCUT2D eigenvalue weighted by Crippen LogP contribution is 2.23. The Bertz CT molecular complexity index is 564. The molecule has 26 heavy (non-hydrogen) atoms. The van der Waals surface area contributed by atoms with Gasteiger partial charge in [-0.25, -0.2) is 0 Å². The van der Waals surface area contributed by atoms with E-state index in [1.54, 1.807) is 0 Å². The molecule has 0 amide bonds. The minimum Gasteiger partial charge on any atom is -0.406 e. The van der Waals surface area contributed by atoms with Crippen molar-refractivity contribution in [2.24, 2.45) is 16.6 Å². The number of hydrogen-bond donors (Lipinski definition) is 2. The Balaban J connectivity index is 0.00000338. The molecule has 6 nitrogen and oxygen atoms in total. The lowest BCUT2D eigenvalue weighted by atomic mass is 10.1. The number of guanidine groups is 1. The second-order valence-electron chi connectivity index (χ2n) is 5.94. The summed E-state index contributed by atoms with van der Waals surface area (Å²) >= 11 is 0. The molecule has 1 aliphatic heterocycles. The lowest BCUT2D eigenvalue weighted by Crippen LogP contribution is -2.39. The zero-order chi connectivity index (χ0) is 18.3. The average Bonchev–Trinajstić information content (AvgIpc) is 2.54. The van der Waals surface area contributed by atoms with Crippen LogP contribution < -0.4 is 15.8 Å². The van der Waals surface area contributed by atoms with Crippen LogP contribution in [0.15, 0.2) is 29.3 Å². The molecule has 1 heterocycles. The summed E-state index contributed by atoms with van der Waals surface area (Å²) in [6.07, 6.45) is -4.70. The summed E-state index contributed by atoms with van der Waals surface area (Å²) in [4.78, 5) is 6.61. The summed E-state index contributed by atoms with van der Waals surface area (Å²) in [6, 6.07) is 5.32. The summed E-state index contributed by atoms with van der Waals surface area (Å²) in [5, 5.41) is 2.85. The van der Waals surface area contributed by atoms with Crippen molar-refractivity contribution in [1.82, 2.24) is 4.90 Å². The van der Waals surface area contributed by atoms with Crippen LogP contribution in [-0.2, 0) is 4.74 Å². The average molecular weight is 488 g/mol. The third-order valence-corrected chi connectivity index (χ3v) is 3.61. The number of nitrogens with zero attached hydrogens (tertiary/aromatic N) is 2. The number of alkyl halides is 3. The molecule has 2 rings (SSSR count). The number of aliphatic imine (C=N–C) groups is 1. The molecule has 148 valence electrons. The Morgan fingerprint density at radius 1 is 1.31 bits per heavy atom. The number of nitrogens with one attached hydrogen (secondary N) is 1. The van der Waals surface area contributed by atoms with Gasteiger partial charge in [0.2, 0.25) is 0 Å². The topological polar surface area (TPSA) is 72.1 Å². The summed E-state index contributed by atoms with van der Waals surface area (Å²) in [5.74, 6) is 0.270. The largest absolute Gasteiger partial charge is 0.573 e. The molecular weight excluding hydrogens is 464 g/mol. The van der Waals surface area contributed by atoms with Crippen LogP contribution in [0.5, 0.6) is 5.75 Å². The molecule has 0 aromatic heterocycles. The number of nitrogens with two attached hydrogens (primary N) is 1. The van der Waals surface area contributed by atoms with E-state index < -0.39 is 6.36 Å². The SMILES string of the molecule is CC(CN=C(N)Nc1ccc(OC(F)(F)F)cc1)CN1CCOCC1.I. The number of hydrogen-bond acceptors (Lipinski definition) is 4. The summed E-state index contributed by atoms with van der Waals surface area (Å²) in [7, 11) is 0. The van der Waals surface area contributed by atoms with Gasteiger partial charge in [0.25, 0.3) is 0 Å². The zero-order valence-corrected chi connectivity index (χ0v) is 16.8. The van der Waals surface area contributed by atoms with Crippen LogP contribution in [0.2, 0.25) is 0 Å². The van der Waals surface area contributed by atoms with Gasteiger partial charge in [0.1, 0.15) is 5.75 Å². The first-order chi connectivity index (χ1) is 11.8. The van der Waals surface area contributed by atoms with Crippen LogP contribution in [0.25, 0.3) is 0 Å². The monoisotopic (exact) mass is 488 g/mol. The molecule has 1 aromatic carbocycles. The first-order valence-electron chi connectivity index (χ1n) is 8.04. The highest BCUT2D eigenvalue weighted by molar-refractivity contribution is 14.0. The van der Waals surface area contributed by atoms with Crippen molar-refractivity contribution in [3.8, 4) is 5.75 Å². The summed E-state index contributed by atoms with van der Waals surface area (Å²) < 4.78 is 45.4. The molecule has 1 atom stereocenters. The molecular formula is C16H24F3IN4O2. The van der Waals surface area contributed by atoms with Gasteiger partial charge in [0, 0.05) is 31.9 Å². The summed E-state index contributed by atoms with van der Waals surface area (Å²) in [6.45, 7) is 6.94. The van der Waals surface area contributed by atoms with E-state index in [0.29, 0.717) is 18.2 Å². The van der Waals surface area contributed by atoms with Gasteiger partial charge in [0.15, 0.2) is 5.96 Å². The molecule has 0 radical (unpaired) electrons. The fourth-order valence-electron chi connectivity index (χ4n) is 2.46. The van der Waals surface area contributed by atoms with Crippen molar-refractivity contribution in [3.63, 3.8) is 0 Å². The quantitative estimate of drug-likeness (QED) is 0.366. The molecule has 1 aromatic rings. The fourth-order valence-corrected chi connectivity index (χ4v) is 2.46. The lowest BCUT2D eigenvalue weighted by Gasteiger charge is -2.28. The van der Waals surface area contributed by atoms with Crippen molar-refractivity contribution in [3.05, 3.63) is 24.3 Å². The number of morpholine rings is 1.